The molecule has 0 saturated heterocycles. The summed E-state index contributed by atoms with van der Waals surface area (Å²) in [6.45, 7) is 1.90. The van der Waals surface area contributed by atoms with Gasteiger partial charge in [-0.05, 0) is 66.3 Å². The highest BCUT2D eigenvalue weighted by molar-refractivity contribution is 7.89. The van der Waals surface area contributed by atoms with Gasteiger partial charge in [-0.3, -0.25) is 9.69 Å². The van der Waals surface area contributed by atoms with Gasteiger partial charge in [0.2, 0.25) is 15.9 Å². The average Bonchev–Trinajstić information content (AvgIpc) is 3.37. The van der Waals surface area contributed by atoms with Crippen LogP contribution in [0.15, 0.2) is 40.6 Å². The number of hydrogen-bond donors (Lipinski definition) is 2. The van der Waals surface area contributed by atoms with Crippen LogP contribution in [0.2, 0.25) is 0 Å². The minimum atomic E-state index is -3.67. The summed E-state index contributed by atoms with van der Waals surface area (Å²) in [6, 6.07) is 9.09. The molecule has 2 aliphatic rings. The fourth-order valence-electron chi connectivity index (χ4n) is 3.97. The smallest absolute Gasteiger partial charge is 0.238 e. The van der Waals surface area contributed by atoms with Crippen molar-refractivity contribution in [2.75, 3.05) is 19.6 Å². The Bertz CT molecular complexity index is 949. The summed E-state index contributed by atoms with van der Waals surface area (Å²) >= 11 is 1.84. The molecule has 0 radical (unpaired) electrons. The van der Waals surface area contributed by atoms with Crippen molar-refractivity contribution in [1.82, 2.24) is 10.2 Å². The number of primary sulfonamides is 1. The van der Waals surface area contributed by atoms with E-state index >= 15 is 0 Å². The molecular formula is C20H25N3O3S2. The third-order valence-electron chi connectivity index (χ3n) is 5.52. The lowest BCUT2D eigenvalue weighted by molar-refractivity contribution is -0.123. The molecule has 28 heavy (non-hydrogen) atoms. The number of amides is 1. The van der Waals surface area contributed by atoms with Crippen LogP contribution in [0.25, 0.3) is 0 Å². The number of rotatable bonds is 7. The van der Waals surface area contributed by atoms with E-state index in [9.17, 15) is 13.2 Å². The van der Waals surface area contributed by atoms with Crippen molar-refractivity contribution in [1.29, 1.82) is 0 Å². The number of sulfonamides is 1. The summed E-state index contributed by atoms with van der Waals surface area (Å²) in [5.74, 6) is 0.740. The molecule has 1 amide bonds. The number of nitrogens with zero attached hydrogens (tertiary/aromatic N) is 1. The van der Waals surface area contributed by atoms with Gasteiger partial charge in [0.1, 0.15) is 0 Å². The van der Waals surface area contributed by atoms with E-state index in [2.05, 4.69) is 21.7 Å². The van der Waals surface area contributed by atoms with Gasteiger partial charge in [-0.2, -0.15) is 0 Å². The van der Waals surface area contributed by atoms with Crippen LogP contribution in [0.4, 0.5) is 0 Å². The maximum Gasteiger partial charge on any atom is 0.238 e. The minimum Gasteiger partial charge on any atom is -0.355 e. The molecular weight excluding hydrogens is 394 g/mol. The fraction of sp³-hybridized carbons (Fsp3) is 0.450. The van der Waals surface area contributed by atoms with Gasteiger partial charge in [-0.15, -0.1) is 11.3 Å². The lowest BCUT2D eigenvalue weighted by Crippen LogP contribution is -2.43. The largest absolute Gasteiger partial charge is 0.355 e. The molecule has 1 atom stereocenters. The standard InChI is InChI=1S/C20H25N3O3S2/c21-28(25,26)16-5-1-14(2-6-16)7-10-22-19(24)13-23-11-8-18-17(9-12-27-18)20(23)15-3-4-15/h1-2,5-6,9,12,15,20H,3-4,7-8,10-11,13H2,(H,22,24)(H2,21,25,26). The highest BCUT2D eigenvalue weighted by Gasteiger charge is 2.40. The van der Waals surface area contributed by atoms with E-state index in [1.165, 1.54) is 35.4 Å². The topological polar surface area (TPSA) is 92.5 Å². The van der Waals surface area contributed by atoms with Crippen molar-refractivity contribution in [3.63, 3.8) is 0 Å². The Morgan fingerprint density at radius 3 is 2.64 bits per heavy atom. The van der Waals surface area contributed by atoms with E-state index in [-0.39, 0.29) is 10.8 Å². The van der Waals surface area contributed by atoms with Crippen molar-refractivity contribution < 1.29 is 13.2 Å². The van der Waals surface area contributed by atoms with Crippen LogP contribution in [-0.2, 0) is 27.7 Å². The quantitative estimate of drug-likeness (QED) is 0.719. The number of fused-ring (bicyclic) bond motifs is 1. The van der Waals surface area contributed by atoms with Crippen molar-refractivity contribution in [3.8, 4) is 0 Å². The van der Waals surface area contributed by atoms with E-state index in [0.717, 1.165) is 18.5 Å². The number of thiophene rings is 1. The number of nitrogens with one attached hydrogen (secondary N) is 1. The molecule has 4 rings (SSSR count). The third kappa shape index (κ3) is 4.46. The molecule has 3 N–H and O–H groups in total. The van der Waals surface area contributed by atoms with Crippen molar-refractivity contribution in [2.45, 2.75) is 36.6 Å². The van der Waals surface area contributed by atoms with Gasteiger partial charge in [0.05, 0.1) is 11.4 Å². The normalized spacial score (nSPS) is 20.0. The second-order valence-electron chi connectivity index (χ2n) is 7.59. The first-order valence-corrected chi connectivity index (χ1v) is 12.0. The van der Waals surface area contributed by atoms with Crippen LogP contribution in [0, 0.1) is 5.92 Å². The van der Waals surface area contributed by atoms with Crippen LogP contribution < -0.4 is 10.5 Å². The number of nitrogens with two attached hydrogens (primary N) is 1. The molecule has 1 aliphatic heterocycles. The van der Waals surface area contributed by atoms with Crippen LogP contribution >= 0.6 is 11.3 Å². The number of hydrogen-bond acceptors (Lipinski definition) is 5. The summed E-state index contributed by atoms with van der Waals surface area (Å²) in [4.78, 5) is 16.4. The second kappa shape index (κ2) is 7.94. The van der Waals surface area contributed by atoms with E-state index in [1.54, 1.807) is 12.1 Å². The van der Waals surface area contributed by atoms with E-state index < -0.39 is 10.0 Å². The summed E-state index contributed by atoms with van der Waals surface area (Å²) in [7, 11) is -3.67. The maximum absolute atomic E-state index is 12.5. The Labute approximate surface area is 169 Å². The van der Waals surface area contributed by atoms with Crippen LogP contribution in [0.3, 0.4) is 0 Å². The highest BCUT2D eigenvalue weighted by Crippen LogP contribution is 2.48. The van der Waals surface area contributed by atoms with E-state index in [0.29, 0.717) is 31.5 Å². The monoisotopic (exact) mass is 419 g/mol. The Hall–Kier alpha value is -1.74. The molecule has 0 spiro atoms. The molecule has 1 fully saturated rings. The molecule has 2 heterocycles. The van der Waals surface area contributed by atoms with Crippen LogP contribution in [0.5, 0.6) is 0 Å². The number of carbonyl (C=O) groups excluding carboxylic acids is 1. The molecule has 1 aliphatic carbocycles. The molecule has 1 saturated carbocycles. The number of carbonyl (C=O) groups is 1. The molecule has 0 bridgehead atoms. The van der Waals surface area contributed by atoms with Crippen molar-refractivity contribution in [3.05, 3.63) is 51.7 Å². The minimum absolute atomic E-state index is 0.0467. The Morgan fingerprint density at radius 2 is 1.96 bits per heavy atom. The van der Waals surface area contributed by atoms with Crippen LogP contribution in [0.1, 0.15) is 34.9 Å². The van der Waals surface area contributed by atoms with Gasteiger partial charge in [-0.1, -0.05) is 12.1 Å². The Morgan fingerprint density at radius 1 is 1.21 bits per heavy atom. The van der Waals surface area contributed by atoms with Gasteiger partial charge in [-0.25, -0.2) is 13.6 Å². The van der Waals surface area contributed by atoms with Crippen LogP contribution in [-0.4, -0.2) is 38.9 Å². The summed E-state index contributed by atoms with van der Waals surface area (Å²) < 4.78 is 22.6. The van der Waals surface area contributed by atoms with Gasteiger partial charge in [0.15, 0.2) is 0 Å². The lowest BCUT2D eigenvalue weighted by Gasteiger charge is -2.35. The zero-order valence-corrected chi connectivity index (χ0v) is 17.3. The second-order valence-corrected chi connectivity index (χ2v) is 10.2. The first kappa shape index (κ1) is 19.6. The third-order valence-corrected chi connectivity index (χ3v) is 7.45. The number of benzene rings is 1. The lowest BCUT2D eigenvalue weighted by atomic mass is 9.96. The Balaban J connectivity index is 1.29. The molecule has 1 aromatic carbocycles. The molecule has 1 aromatic heterocycles. The average molecular weight is 420 g/mol. The van der Waals surface area contributed by atoms with Gasteiger partial charge in [0.25, 0.3) is 0 Å². The molecule has 150 valence electrons. The van der Waals surface area contributed by atoms with Crippen molar-refractivity contribution in [2.24, 2.45) is 11.1 Å². The molecule has 2 aromatic rings. The molecule has 8 heteroatoms. The van der Waals surface area contributed by atoms with E-state index in [4.69, 9.17) is 5.14 Å². The first-order chi connectivity index (χ1) is 13.4. The van der Waals surface area contributed by atoms with Gasteiger partial charge >= 0.3 is 0 Å². The molecule has 1 unspecified atom stereocenters. The molecule has 6 nitrogen and oxygen atoms in total. The van der Waals surface area contributed by atoms with Gasteiger partial charge in [0, 0.05) is 24.0 Å². The first-order valence-electron chi connectivity index (χ1n) is 9.60. The predicted octanol–water partition coefficient (Wildman–Crippen LogP) is 2.06. The van der Waals surface area contributed by atoms with Gasteiger partial charge < -0.3 is 5.32 Å². The Kier molecular flexibility index (Phi) is 5.55. The summed E-state index contributed by atoms with van der Waals surface area (Å²) in [5.41, 5.74) is 2.39. The maximum atomic E-state index is 12.5. The van der Waals surface area contributed by atoms with E-state index in [1.807, 2.05) is 11.3 Å². The fourth-order valence-corrected chi connectivity index (χ4v) is 5.40. The SMILES string of the molecule is NS(=O)(=O)c1ccc(CCNC(=O)CN2CCc3sccc3C2C2CC2)cc1. The van der Waals surface area contributed by atoms with Crippen molar-refractivity contribution >= 4 is 27.3 Å². The predicted molar refractivity (Wildman–Crippen MR) is 110 cm³/mol. The summed E-state index contributed by atoms with van der Waals surface area (Å²) in [6.07, 6.45) is 4.19. The zero-order chi connectivity index (χ0) is 19.7. The zero-order valence-electron chi connectivity index (χ0n) is 15.6. The summed E-state index contributed by atoms with van der Waals surface area (Å²) in [5, 5.41) is 10.3. The highest BCUT2D eigenvalue weighted by atomic mass is 32.2.